The first-order chi connectivity index (χ1) is 9.53. The topological polar surface area (TPSA) is 20.2 Å². The third kappa shape index (κ3) is 1.39. The lowest BCUT2D eigenvalue weighted by Gasteiger charge is -2.47. The van der Waals surface area contributed by atoms with Crippen LogP contribution < -0.4 is 0 Å². The highest BCUT2D eigenvalue weighted by atomic mass is 16.3. The van der Waals surface area contributed by atoms with E-state index in [0.29, 0.717) is 23.4 Å². The average Bonchev–Trinajstić information content (AvgIpc) is 2.79. The molecule has 1 nitrogen and oxygen atoms in total. The average molecular weight is 274 g/mol. The molecular weight excluding hydrogens is 244 g/mol. The third-order valence-corrected chi connectivity index (χ3v) is 8.17. The van der Waals surface area contributed by atoms with Crippen molar-refractivity contribution in [2.24, 2.45) is 40.4 Å². The number of allylic oxidation sites excluding steroid dienone is 1. The van der Waals surface area contributed by atoms with Crippen molar-refractivity contribution in [3.8, 4) is 0 Å². The monoisotopic (exact) mass is 274 g/mol. The van der Waals surface area contributed by atoms with Gasteiger partial charge in [-0.25, -0.2) is 0 Å². The SMILES string of the molecule is C=C1C[C@]23C[C@H]1CC[C@H]2[C@]1(C)CCC[C@H](C)[C@H]1[C@@H]3CO. The molecule has 4 saturated carbocycles. The van der Waals surface area contributed by atoms with Gasteiger partial charge in [0.05, 0.1) is 0 Å². The molecule has 20 heavy (non-hydrogen) atoms. The van der Waals surface area contributed by atoms with E-state index in [2.05, 4.69) is 20.4 Å². The Hall–Kier alpha value is -0.300. The molecule has 2 bridgehead atoms. The number of hydrogen-bond acceptors (Lipinski definition) is 1. The van der Waals surface area contributed by atoms with Crippen molar-refractivity contribution in [2.75, 3.05) is 6.61 Å². The van der Waals surface area contributed by atoms with Crippen LogP contribution in [0.3, 0.4) is 0 Å². The molecule has 1 heteroatoms. The third-order valence-electron chi connectivity index (χ3n) is 8.17. The van der Waals surface area contributed by atoms with E-state index in [1.807, 2.05) is 0 Å². The molecule has 4 aliphatic carbocycles. The normalized spacial score (nSPS) is 57.5. The minimum Gasteiger partial charge on any atom is -0.396 e. The van der Waals surface area contributed by atoms with Gasteiger partial charge in [0.25, 0.3) is 0 Å². The van der Waals surface area contributed by atoms with E-state index in [-0.39, 0.29) is 0 Å². The molecule has 7 atom stereocenters. The van der Waals surface area contributed by atoms with Gasteiger partial charge in [0, 0.05) is 6.61 Å². The fraction of sp³-hybridized carbons (Fsp3) is 0.895. The lowest BCUT2D eigenvalue weighted by atomic mass is 9.58. The number of aliphatic hydroxyl groups is 1. The van der Waals surface area contributed by atoms with Crippen LogP contribution in [0.15, 0.2) is 12.2 Å². The van der Waals surface area contributed by atoms with Gasteiger partial charge in [-0.2, -0.15) is 0 Å². The van der Waals surface area contributed by atoms with E-state index in [1.54, 1.807) is 0 Å². The molecule has 0 unspecified atom stereocenters. The Morgan fingerprint density at radius 3 is 2.85 bits per heavy atom. The maximum absolute atomic E-state index is 10.2. The number of fused-ring (bicyclic) bond motifs is 3. The molecule has 4 rings (SSSR count). The second-order valence-corrected chi connectivity index (χ2v) is 8.79. The fourth-order valence-corrected chi connectivity index (χ4v) is 7.71. The lowest BCUT2D eigenvalue weighted by Crippen LogP contribution is -2.39. The molecule has 0 aromatic rings. The first-order valence-corrected chi connectivity index (χ1v) is 8.81. The van der Waals surface area contributed by atoms with Gasteiger partial charge in [-0.05, 0) is 72.5 Å². The summed E-state index contributed by atoms with van der Waals surface area (Å²) in [4.78, 5) is 0. The van der Waals surface area contributed by atoms with Crippen molar-refractivity contribution in [1.29, 1.82) is 0 Å². The van der Waals surface area contributed by atoms with Crippen LogP contribution in [-0.2, 0) is 0 Å². The molecular formula is C19H30O. The van der Waals surface area contributed by atoms with E-state index >= 15 is 0 Å². The standard InChI is InChI=1S/C19H30O/c1-12-5-4-8-18(3)16-7-6-14-10-19(16,9-13(14)2)15(11-20)17(12)18/h12,14-17,20H,2,4-11H2,1,3H3/t12-,14+,15-,16-,17-,18-,19+/m0/s1. The van der Waals surface area contributed by atoms with Gasteiger partial charge in [0.2, 0.25) is 0 Å². The molecule has 0 aromatic carbocycles. The second kappa shape index (κ2) is 4.12. The van der Waals surface area contributed by atoms with Crippen LogP contribution in [0.2, 0.25) is 0 Å². The number of aliphatic hydroxyl groups excluding tert-OH is 1. The van der Waals surface area contributed by atoms with Crippen LogP contribution in [0, 0.1) is 40.4 Å². The summed E-state index contributed by atoms with van der Waals surface area (Å²) in [6.07, 6.45) is 9.54. The summed E-state index contributed by atoms with van der Waals surface area (Å²) in [7, 11) is 0. The van der Waals surface area contributed by atoms with Gasteiger partial charge in [0.15, 0.2) is 0 Å². The van der Waals surface area contributed by atoms with Crippen molar-refractivity contribution < 1.29 is 5.11 Å². The van der Waals surface area contributed by atoms with Crippen LogP contribution in [0.25, 0.3) is 0 Å². The van der Waals surface area contributed by atoms with Gasteiger partial charge in [-0.15, -0.1) is 0 Å². The lowest BCUT2D eigenvalue weighted by molar-refractivity contribution is 0.0224. The second-order valence-electron chi connectivity index (χ2n) is 8.79. The molecule has 112 valence electrons. The minimum absolute atomic E-state index is 0.418. The van der Waals surface area contributed by atoms with Gasteiger partial charge >= 0.3 is 0 Å². The summed E-state index contributed by atoms with van der Waals surface area (Å²) in [5.41, 5.74) is 2.44. The molecule has 0 aromatic heterocycles. The van der Waals surface area contributed by atoms with Crippen molar-refractivity contribution in [3.05, 3.63) is 12.2 Å². The van der Waals surface area contributed by atoms with Crippen molar-refractivity contribution >= 4 is 0 Å². The highest BCUT2D eigenvalue weighted by molar-refractivity contribution is 5.25. The molecule has 0 amide bonds. The molecule has 0 saturated heterocycles. The zero-order valence-electron chi connectivity index (χ0n) is 13.2. The maximum atomic E-state index is 10.2. The van der Waals surface area contributed by atoms with Gasteiger partial charge < -0.3 is 5.11 Å². The van der Waals surface area contributed by atoms with Crippen molar-refractivity contribution in [2.45, 2.75) is 58.8 Å². The van der Waals surface area contributed by atoms with E-state index in [0.717, 1.165) is 23.7 Å². The van der Waals surface area contributed by atoms with Crippen LogP contribution in [0.5, 0.6) is 0 Å². The summed E-state index contributed by atoms with van der Waals surface area (Å²) in [6, 6.07) is 0. The van der Waals surface area contributed by atoms with E-state index in [9.17, 15) is 5.11 Å². The predicted octanol–water partition coefficient (Wildman–Crippen LogP) is 4.41. The highest BCUT2D eigenvalue weighted by Gasteiger charge is 2.69. The molecule has 4 fully saturated rings. The largest absolute Gasteiger partial charge is 0.396 e. The maximum Gasteiger partial charge on any atom is 0.0467 e. The van der Waals surface area contributed by atoms with Crippen LogP contribution >= 0.6 is 0 Å². The van der Waals surface area contributed by atoms with Crippen LogP contribution in [-0.4, -0.2) is 11.7 Å². The highest BCUT2D eigenvalue weighted by Crippen LogP contribution is 2.75. The number of hydrogen-bond donors (Lipinski definition) is 1. The molecule has 1 spiro atoms. The van der Waals surface area contributed by atoms with Crippen molar-refractivity contribution in [1.82, 2.24) is 0 Å². The minimum atomic E-state index is 0.418. The van der Waals surface area contributed by atoms with Crippen LogP contribution in [0.4, 0.5) is 0 Å². The molecule has 0 aliphatic heterocycles. The Labute approximate surface area is 123 Å². The fourth-order valence-electron chi connectivity index (χ4n) is 7.71. The molecule has 0 heterocycles. The van der Waals surface area contributed by atoms with Crippen molar-refractivity contribution in [3.63, 3.8) is 0 Å². The van der Waals surface area contributed by atoms with E-state index < -0.39 is 0 Å². The zero-order chi connectivity index (χ0) is 14.1. The smallest absolute Gasteiger partial charge is 0.0467 e. The predicted molar refractivity (Wildman–Crippen MR) is 82.2 cm³/mol. The van der Waals surface area contributed by atoms with Gasteiger partial charge in [0.1, 0.15) is 0 Å². The Balaban J connectivity index is 1.83. The molecule has 1 N–H and O–H groups in total. The Morgan fingerprint density at radius 1 is 1.30 bits per heavy atom. The van der Waals surface area contributed by atoms with Gasteiger partial charge in [-0.1, -0.05) is 38.8 Å². The van der Waals surface area contributed by atoms with E-state index in [1.165, 1.54) is 50.5 Å². The summed E-state index contributed by atoms with van der Waals surface area (Å²) >= 11 is 0. The summed E-state index contributed by atoms with van der Waals surface area (Å²) in [5.74, 6) is 3.75. The first kappa shape index (κ1) is 13.4. The summed E-state index contributed by atoms with van der Waals surface area (Å²) in [5, 5.41) is 10.2. The Morgan fingerprint density at radius 2 is 2.10 bits per heavy atom. The zero-order valence-corrected chi connectivity index (χ0v) is 13.2. The summed E-state index contributed by atoms with van der Waals surface area (Å²) < 4.78 is 0. The first-order valence-electron chi connectivity index (χ1n) is 8.81. The van der Waals surface area contributed by atoms with E-state index in [4.69, 9.17) is 0 Å². The quantitative estimate of drug-likeness (QED) is 0.702. The Bertz CT molecular complexity index is 441. The molecule has 4 aliphatic rings. The van der Waals surface area contributed by atoms with Gasteiger partial charge in [-0.3, -0.25) is 0 Å². The number of rotatable bonds is 1. The van der Waals surface area contributed by atoms with Crippen LogP contribution in [0.1, 0.15) is 58.8 Å². The molecule has 0 radical (unpaired) electrons. The Kier molecular flexibility index (Phi) is 2.76. The summed E-state index contributed by atoms with van der Waals surface area (Å²) in [6.45, 7) is 9.85.